The molecule has 0 aliphatic heterocycles. The average Bonchev–Trinajstić information content (AvgIpc) is 2.33. The van der Waals surface area contributed by atoms with Gasteiger partial charge >= 0.3 is 6.18 Å². The van der Waals surface area contributed by atoms with E-state index < -0.39 is 18.3 Å². The molecule has 1 aromatic carbocycles. The van der Waals surface area contributed by atoms with Crippen LogP contribution in [0.4, 0.5) is 13.2 Å². The highest BCUT2D eigenvalue weighted by Crippen LogP contribution is 2.32. The van der Waals surface area contributed by atoms with Crippen molar-refractivity contribution in [2.24, 2.45) is 5.73 Å². The molecule has 2 nitrogen and oxygen atoms in total. The molecule has 21 heavy (non-hydrogen) atoms. The number of benzene rings is 1. The van der Waals surface area contributed by atoms with Gasteiger partial charge in [-0.05, 0) is 36.0 Å². The van der Waals surface area contributed by atoms with Crippen LogP contribution < -0.4 is 10.5 Å². The monoisotopic (exact) mass is 303 g/mol. The summed E-state index contributed by atoms with van der Waals surface area (Å²) in [6.45, 7) is 9.51. The van der Waals surface area contributed by atoms with Gasteiger partial charge in [0.05, 0.1) is 6.04 Å². The first-order valence-corrected chi connectivity index (χ1v) is 7.07. The van der Waals surface area contributed by atoms with E-state index >= 15 is 0 Å². The van der Waals surface area contributed by atoms with E-state index in [-0.39, 0.29) is 17.6 Å². The minimum atomic E-state index is -4.48. The first-order valence-electron chi connectivity index (χ1n) is 7.07. The molecule has 0 saturated heterocycles. The molecule has 0 heterocycles. The summed E-state index contributed by atoms with van der Waals surface area (Å²) < 4.78 is 44.3. The number of rotatable bonds is 4. The molecule has 2 N–H and O–H groups in total. The lowest BCUT2D eigenvalue weighted by molar-refractivity contribution is -0.200. The summed E-state index contributed by atoms with van der Waals surface area (Å²) in [6.07, 6.45) is -6.27. The van der Waals surface area contributed by atoms with E-state index in [9.17, 15) is 13.2 Å². The van der Waals surface area contributed by atoms with Crippen molar-refractivity contribution in [3.63, 3.8) is 0 Å². The van der Waals surface area contributed by atoms with E-state index in [1.165, 1.54) is 0 Å². The van der Waals surface area contributed by atoms with Crippen molar-refractivity contribution < 1.29 is 17.9 Å². The fraction of sp³-hybridized carbons (Fsp3) is 0.625. The molecule has 0 fully saturated rings. The predicted molar refractivity (Wildman–Crippen MR) is 78.6 cm³/mol. The Bertz CT molecular complexity index is 477. The summed E-state index contributed by atoms with van der Waals surface area (Å²) >= 11 is 0. The van der Waals surface area contributed by atoms with Gasteiger partial charge in [-0.2, -0.15) is 13.2 Å². The van der Waals surface area contributed by atoms with Crippen LogP contribution in [0.5, 0.6) is 5.75 Å². The molecular weight excluding hydrogens is 279 g/mol. The summed E-state index contributed by atoms with van der Waals surface area (Å²) in [6, 6.07) is 4.18. The Morgan fingerprint density at radius 1 is 1.19 bits per heavy atom. The zero-order valence-electron chi connectivity index (χ0n) is 13.2. The van der Waals surface area contributed by atoms with E-state index in [1.54, 1.807) is 26.0 Å². The summed E-state index contributed by atoms with van der Waals surface area (Å²) in [4.78, 5) is 0. The number of halogens is 3. The number of aryl methyl sites for hydroxylation is 1. The normalized spacial score (nSPS) is 15.7. The van der Waals surface area contributed by atoms with Gasteiger partial charge in [0.1, 0.15) is 5.75 Å². The van der Waals surface area contributed by atoms with E-state index in [0.29, 0.717) is 5.56 Å². The Morgan fingerprint density at radius 2 is 1.76 bits per heavy atom. The van der Waals surface area contributed by atoms with Gasteiger partial charge in [0, 0.05) is 0 Å². The van der Waals surface area contributed by atoms with Crippen molar-refractivity contribution >= 4 is 0 Å². The molecule has 120 valence electrons. The first kappa shape index (κ1) is 17.8. The fourth-order valence-electron chi connectivity index (χ4n) is 2.00. The van der Waals surface area contributed by atoms with Crippen LogP contribution in [0, 0.1) is 6.92 Å². The number of hydrogen-bond donors (Lipinski definition) is 1. The third-order valence-corrected chi connectivity index (χ3v) is 3.48. The van der Waals surface area contributed by atoms with Crippen LogP contribution in [-0.2, 0) is 5.41 Å². The largest absolute Gasteiger partial charge is 0.479 e. The molecule has 0 aliphatic carbocycles. The molecule has 5 heteroatoms. The van der Waals surface area contributed by atoms with Gasteiger partial charge in [-0.15, -0.1) is 0 Å². The maximum atomic E-state index is 13.0. The highest BCUT2D eigenvalue weighted by atomic mass is 19.4. The molecule has 0 radical (unpaired) electrons. The molecule has 0 aliphatic rings. The maximum Gasteiger partial charge on any atom is 0.426 e. The molecule has 0 aromatic heterocycles. The van der Waals surface area contributed by atoms with Gasteiger partial charge in [0.2, 0.25) is 6.10 Å². The second kappa shape index (κ2) is 6.26. The van der Waals surface area contributed by atoms with Crippen LogP contribution in [0.1, 0.15) is 45.2 Å². The number of nitrogens with two attached hydrogens (primary N) is 1. The van der Waals surface area contributed by atoms with Gasteiger partial charge in [0.15, 0.2) is 0 Å². The van der Waals surface area contributed by atoms with Crippen molar-refractivity contribution in [3.8, 4) is 5.75 Å². The second-order valence-electron chi connectivity index (χ2n) is 6.38. The lowest BCUT2D eigenvalue weighted by atomic mass is 9.86. The molecular formula is C16H24F3NO. The summed E-state index contributed by atoms with van der Waals surface area (Å²) in [5.41, 5.74) is 7.22. The Balaban J connectivity index is 3.06. The highest BCUT2D eigenvalue weighted by Gasteiger charge is 2.45. The highest BCUT2D eigenvalue weighted by molar-refractivity contribution is 5.39. The van der Waals surface area contributed by atoms with E-state index in [4.69, 9.17) is 10.5 Å². The third kappa shape index (κ3) is 4.63. The number of ether oxygens (including phenoxy) is 1. The van der Waals surface area contributed by atoms with E-state index in [1.807, 2.05) is 26.8 Å². The topological polar surface area (TPSA) is 35.2 Å². The third-order valence-electron chi connectivity index (χ3n) is 3.48. The van der Waals surface area contributed by atoms with Gasteiger partial charge < -0.3 is 10.5 Å². The Hall–Kier alpha value is -1.23. The van der Waals surface area contributed by atoms with E-state index in [2.05, 4.69) is 0 Å². The summed E-state index contributed by atoms with van der Waals surface area (Å²) in [7, 11) is 0. The minimum Gasteiger partial charge on any atom is -0.479 e. The summed E-state index contributed by atoms with van der Waals surface area (Å²) in [5.74, 6) is 0.231. The van der Waals surface area contributed by atoms with Gasteiger partial charge in [-0.3, -0.25) is 0 Å². The summed E-state index contributed by atoms with van der Waals surface area (Å²) in [5, 5.41) is 0. The smallest absolute Gasteiger partial charge is 0.426 e. The Labute approximate surface area is 124 Å². The van der Waals surface area contributed by atoms with Crippen LogP contribution in [0.25, 0.3) is 0 Å². The van der Waals surface area contributed by atoms with Crippen LogP contribution >= 0.6 is 0 Å². The van der Waals surface area contributed by atoms with Crippen molar-refractivity contribution in [1.29, 1.82) is 0 Å². The van der Waals surface area contributed by atoms with Crippen LogP contribution in [0.2, 0.25) is 0 Å². The van der Waals surface area contributed by atoms with Gasteiger partial charge in [-0.1, -0.05) is 39.8 Å². The molecule has 1 aromatic rings. The van der Waals surface area contributed by atoms with Gasteiger partial charge in [-0.25, -0.2) is 0 Å². The lowest BCUT2D eigenvalue weighted by Crippen LogP contribution is -2.48. The zero-order valence-corrected chi connectivity index (χ0v) is 13.2. The maximum absolute atomic E-state index is 13.0. The van der Waals surface area contributed by atoms with Crippen molar-refractivity contribution in [1.82, 2.24) is 0 Å². The SMILES string of the molecule is CCC(N)C(Oc1ccc(C(C)(C)C)cc1C)C(F)(F)F. The minimum absolute atomic E-state index is 0.0630. The standard InChI is InChI=1S/C16H24F3NO/c1-6-12(20)14(16(17,18)19)21-13-8-7-11(9-10(13)2)15(3,4)5/h7-9,12,14H,6,20H2,1-5H3. The molecule has 1 rings (SSSR count). The Kier molecular flexibility index (Phi) is 5.31. The van der Waals surface area contributed by atoms with Crippen molar-refractivity contribution in [2.45, 2.75) is 64.8 Å². The van der Waals surface area contributed by atoms with Crippen LogP contribution in [0.3, 0.4) is 0 Å². The Morgan fingerprint density at radius 3 is 2.14 bits per heavy atom. The predicted octanol–water partition coefficient (Wildman–Crippen LogP) is 4.34. The quantitative estimate of drug-likeness (QED) is 0.898. The second-order valence-corrected chi connectivity index (χ2v) is 6.38. The van der Waals surface area contributed by atoms with Crippen molar-refractivity contribution in [3.05, 3.63) is 29.3 Å². The fourth-order valence-corrected chi connectivity index (χ4v) is 2.00. The molecule has 2 atom stereocenters. The molecule has 0 spiro atoms. The molecule has 0 amide bonds. The number of alkyl halides is 3. The molecule has 0 bridgehead atoms. The van der Waals surface area contributed by atoms with Crippen molar-refractivity contribution in [2.75, 3.05) is 0 Å². The zero-order chi connectivity index (χ0) is 16.4. The number of hydrogen-bond acceptors (Lipinski definition) is 2. The lowest BCUT2D eigenvalue weighted by Gasteiger charge is -2.28. The first-order chi connectivity index (χ1) is 9.46. The average molecular weight is 303 g/mol. The van der Waals surface area contributed by atoms with Crippen LogP contribution in [-0.4, -0.2) is 18.3 Å². The molecule has 0 saturated carbocycles. The van der Waals surface area contributed by atoms with Gasteiger partial charge in [0.25, 0.3) is 0 Å². The molecule has 2 unspecified atom stereocenters. The van der Waals surface area contributed by atoms with E-state index in [0.717, 1.165) is 5.56 Å². The van der Waals surface area contributed by atoms with Crippen LogP contribution in [0.15, 0.2) is 18.2 Å².